The summed E-state index contributed by atoms with van der Waals surface area (Å²) in [5.41, 5.74) is -0.417. The second-order valence-electron chi connectivity index (χ2n) is 11.6. The molecule has 0 rings (SSSR count). The van der Waals surface area contributed by atoms with E-state index in [-0.39, 0.29) is 36.8 Å². The minimum absolute atomic E-state index is 0.0687. The molecule has 19 heteroatoms. The molecule has 0 amide bonds. The van der Waals surface area contributed by atoms with Crippen molar-refractivity contribution in [3.63, 3.8) is 0 Å². The molecule has 0 aliphatic heterocycles. The summed E-state index contributed by atoms with van der Waals surface area (Å²) in [6, 6.07) is 0. The average Bonchev–Trinajstić information content (AvgIpc) is 3.01. The number of aliphatic hydroxyl groups excluding tert-OH is 2. The van der Waals surface area contributed by atoms with Crippen LogP contribution in [0.3, 0.4) is 0 Å². The number of ether oxygens (including phenoxy) is 3. The number of aliphatic hydroxyl groups is 2. The molecule has 0 aromatic carbocycles. The zero-order chi connectivity index (χ0) is 38.5. The standard InChI is InChI=1S/C30H42F12O7/c1-5-6-7-8-9-12-25(31,32)27(35,36)29(39,40)30(41,42)28(37,38)26(33,34)18-47-15-22(16-48-23(45)19(2)3)17-49-24(46)20(4)10-11-21(13-43)14-44/h21-22,43-44H,2,4-18H2,1,3H3. The van der Waals surface area contributed by atoms with Gasteiger partial charge in [0, 0.05) is 36.7 Å². The summed E-state index contributed by atoms with van der Waals surface area (Å²) in [5, 5.41) is 18.2. The lowest BCUT2D eigenvalue weighted by Gasteiger charge is -2.41. The van der Waals surface area contributed by atoms with Crippen molar-refractivity contribution < 1.29 is 86.7 Å². The van der Waals surface area contributed by atoms with Crippen molar-refractivity contribution >= 4 is 11.9 Å². The highest BCUT2D eigenvalue weighted by Crippen LogP contribution is 2.60. The van der Waals surface area contributed by atoms with Crippen LogP contribution in [0, 0.1) is 11.8 Å². The van der Waals surface area contributed by atoms with Crippen molar-refractivity contribution in [3.05, 3.63) is 24.3 Å². The quantitative estimate of drug-likeness (QED) is 0.0413. The van der Waals surface area contributed by atoms with E-state index in [1.807, 2.05) is 0 Å². The number of esters is 2. The van der Waals surface area contributed by atoms with E-state index in [1.165, 1.54) is 6.92 Å². The van der Waals surface area contributed by atoms with Gasteiger partial charge in [-0.15, -0.1) is 0 Å². The van der Waals surface area contributed by atoms with Crippen molar-refractivity contribution in [2.45, 2.75) is 101 Å². The fourth-order valence-corrected chi connectivity index (χ4v) is 3.88. The van der Waals surface area contributed by atoms with Crippen molar-refractivity contribution in [1.29, 1.82) is 0 Å². The van der Waals surface area contributed by atoms with Crippen LogP contribution in [0.4, 0.5) is 52.7 Å². The Labute approximate surface area is 275 Å². The fourth-order valence-electron chi connectivity index (χ4n) is 3.88. The smallest absolute Gasteiger partial charge is 0.384 e. The van der Waals surface area contributed by atoms with Crippen LogP contribution in [0.2, 0.25) is 0 Å². The topological polar surface area (TPSA) is 102 Å². The first kappa shape index (κ1) is 46.5. The van der Waals surface area contributed by atoms with Gasteiger partial charge in [0.25, 0.3) is 0 Å². The molecule has 0 radical (unpaired) electrons. The normalized spacial score (nSPS) is 14.1. The molecule has 288 valence electrons. The van der Waals surface area contributed by atoms with Crippen LogP contribution in [0.25, 0.3) is 0 Å². The number of rotatable bonds is 26. The Morgan fingerprint density at radius 1 is 0.653 bits per heavy atom. The molecule has 1 unspecified atom stereocenters. The van der Waals surface area contributed by atoms with Gasteiger partial charge in [0.15, 0.2) is 0 Å². The van der Waals surface area contributed by atoms with Crippen LogP contribution in [0.5, 0.6) is 0 Å². The minimum atomic E-state index is -7.75. The molecule has 2 N–H and O–H groups in total. The third-order valence-corrected chi connectivity index (χ3v) is 7.24. The number of halogens is 12. The summed E-state index contributed by atoms with van der Waals surface area (Å²) in [7, 11) is 0. The van der Waals surface area contributed by atoms with Gasteiger partial charge < -0.3 is 24.4 Å². The van der Waals surface area contributed by atoms with Gasteiger partial charge in [0.05, 0.1) is 25.7 Å². The lowest BCUT2D eigenvalue weighted by molar-refractivity contribution is -0.427. The Morgan fingerprint density at radius 2 is 1.12 bits per heavy atom. The predicted octanol–water partition coefficient (Wildman–Crippen LogP) is 7.39. The zero-order valence-electron chi connectivity index (χ0n) is 26.9. The lowest BCUT2D eigenvalue weighted by atomic mass is 9.89. The molecule has 0 aliphatic carbocycles. The van der Waals surface area contributed by atoms with Crippen molar-refractivity contribution in [1.82, 2.24) is 0 Å². The monoisotopic (exact) mass is 742 g/mol. The fraction of sp³-hybridized carbons (Fsp3) is 0.800. The SMILES string of the molecule is C=C(C)C(=O)OCC(COCC(F)(F)C(F)(F)C(F)(F)C(F)(F)C(F)(F)C(F)(F)CCCCCCC)COC(=O)C(=C)CCC(CO)CO. The Kier molecular flexibility index (Phi) is 18.2. The molecule has 0 aromatic rings. The third-order valence-electron chi connectivity index (χ3n) is 7.24. The Balaban J connectivity index is 5.81. The maximum atomic E-state index is 14.4. The Morgan fingerprint density at radius 3 is 1.59 bits per heavy atom. The molecule has 0 aliphatic rings. The van der Waals surface area contributed by atoms with Gasteiger partial charge in [-0.05, 0) is 26.2 Å². The lowest BCUT2D eigenvalue weighted by Crippen LogP contribution is -2.71. The van der Waals surface area contributed by atoms with Gasteiger partial charge >= 0.3 is 47.5 Å². The van der Waals surface area contributed by atoms with E-state index in [0.717, 1.165) is 0 Å². The maximum Gasteiger partial charge on any atom is 0.384 e. The van der Waals surface area contributed by atoms with Crippen LogP contribution in [0.15, 0.2) is 24.3 Å². The molecule has 0 saturated heterocycles. The van der Waals surface area contributed by atoms with Crippen molar-refractivity contribution in [2.75, 3.05) is 39.6 Å². The van der Waals surface area contributed by atoms with E-state index in [0.29, 0.717) is 12.8 Å². The number of alkyl halides is 12. The largest absolute Gasteiger partial charge is 0.462 e. The number of hydrogen-bond donors (Lipinski definition) is 2. The van der Waals surface area contributed by atoms with Crippen LogP contribution in [-0.4, -0.2) is 97.3 Å². The average molecular weight is 743 g/mol. The summed E-state index contributed by atoms with van der Waals surface area (Å²) in [5.74, 6) is -46.8. The molecule has 7 nitrogen and oxygen atoms in total. The number of carbonyl (C=O) groups is 2. The molecule has 0 heterocycles. The molecule has 0 spiro atoms. The first-order valence-electron chi connectivity index (χ1n) is 15.0. The van der Waals surface area contributed by atoms with E-state index in [1.54, 1.807) is 6.92 Å². The molecular weight excluding hydrogens is 700 g/mol. The number of carbonyl (C=O) groups excluding carboxylic acids is 2. The maximum absolute atomic E-state index is 14.4. The highest BCUT2D eigenvalue weighted by molar-refractivity contribution is 5.87. The highest BCUT2D eigenvalue weighted by atomic mass is 19.4. The van der Waals surface area contributed by atoms with Crippen LogP contribution < -0.4 is 0 Å². The third kappa shape index (κ3) is 12.0. The second-order valence-corrected chi connectivity index (χ2v) is 11.6. The number of unbranched alkanes of at least 4 members (excludes halogenated alkanes) is 4. The van der Waals surface area contributed by atoms with Gasteiger partial charge in [-0.25, -0.2) is 9.59 Å². The van der Waals surface area contributed by atoms with Gasteiger partial charge in [-0.2, -0.15) is 52.7 Å². The predicted molar refractivity (Wildman–Crippen MR) is 150 cm³/mol. The molecule has 0 fully saturated rings. The van der Waals surface area contributed by atoms with Crippen LogP contribution in [-0.2, 0) is 23.8 Å². The van der Waals surface area contributed by atoms with Crippen molar-refractivity contribution in [3.8, 4) is 0 Å². The summed E-state index contributed by atoms with van der Waals surface area (Å²) < 4.78 is 185. The second kappa shape index (κ2) is 19.2. The number of hydrogen-bond acceptors (Lipinski definition) is 7. The van der Waals surface area contributed by atoms with Gasteiger partial charge in [0.2, 0.25) is 0 Å². The molecule has 0 aromatic heterocycles. The Hall–Kier alpha value is -2.54. The molecule has 0 saturated carbocycles. The van der Waals surface area contributed by atoms with E-state index in [9.17, 15) is 62.3 Å². The molecule has 49 heavy (non-hydrogen) atoms. The van der Waals surface area contributed by atoms with E-state index in [4.69, 9.17) is 19.7 Å². The van der Waals surface area contributed by atoms with Crippen LogP contribution >= 0.6 is 0 Å². The summed E-state index contributed by atoms with van der Waals surface area (Å²) in [6.07, 6.45) is -2.10. The van der Waals surface area contributed by atoms with Crippen LogP contribution in [0.1, 0.15) is 65.2 Å². The van der Waals surface area contributed by atoms with E-state index >= 15 is 0 Å². The van der Waals surface area contributed by atoms with E-state index in [2.05, 4.69) is 17.9 Å². The summed E-state index contributed by atoms with van der Waals surface area (Å²) in [4.78, 5) is 23.9. The van der Waals surface area contributed by atoms with E-state index < -0.39 is 112 Å². The van der Waals surface area contributed by atoms with Gasteiger partial charge in [-0.1, -0.05) is 45.8 Å². The van der Waals surface area contributed by atoms with Crippen molar-refractivity contribution in [2.24, 2.45) is 11.8 Å². The summed E-state index contributed by atoms with van der Waals surface area (Å²) >= 11 is 0. The molecule has 0 bridgehead atoms. The first-order valence-corrected chi connectivity index (χ1v) is 15.0. The molecular formula is C30H42F12O7. The minimum Gasteiger partial charge on any atom is -0.462 e. The Bertz CT molecular complexity index is 1080. The summed E-state index contributed by atoms with van der Waals surface area (Å²) in [6.45, 7) is 2.75. The zero-order valence-corrected chi connectivity index (χ0v) is 26.9. The van der Waals surface area contributed by atoms with Gasteiger partial charge in [0.1, 0.15) is 6.61 Å². The highest BCUT2D eigenvalue weighted by Gasteiger charge is 2.89. The van der Waals surface area contributed by atoms with Gasteiger partial charge in [-0.3, -0.25) is 0 Å². The first-order chi connectivity index (χ1) is 22.3. The molecule has 1 atom stereocenters.